The molecule has 2 aromatic rings. The molecule has 0 saturated carbocycles. The van der Waals surface area contributed by atoms with Crippen LogP contribution in [0.1, 0.15) is 47.9 Å². The van der Waals surface area contributed by atoms with Crippen LogP contribution in [-0.4, -0.2) is 50.8 Å². The number of hydrogen-bond acceptors (Lipinski definition) is 6. The van der Waals surface area contributed by atoms with Gasteiger partial charge in [0.05, 0.1) is 5.56 Å². The highest BCUT2D eigenvalue weighted by molar-refractivity contribution is 6.30. The van der Waals surface area contributed by atoms with E-state index in [1.165, 1.54) is 6.20 Å². The number of likely N-dealkylation sites (tertiary alicyclic amines) is 1. The summed E-state index contributed by atoms with van der Waals surface area (Å²) in [5.74, 6) is 1.13. The van der Waals surface area contributed by atoms with Crippen molar-refractivity contribution in [1.82, 2.24) is 25.2 Å². The van der Waals surface area contributed by atoms with E-state index in [4.69, 9.17) is 17.3 Å². The maximum absolute atomic E-state index is 12.7. The van der Waals surface area contributed by atoms with Gasteiger partial charge in [0, 0.05) is 31.0 Å². The lowest BCUT2D eigenvalue weighted by molar-refractivity contribution is -0.134. The van der Waals surface area contributed by atoms with E-state index < -0.39 is 6.04 Å². The molecule has 1 fully saturated rings. The third-order valence-electron chi connectivity index (χ3n) is 5.47. The van der Waals surface area contributed by atoms with Gasteiger partial charge in [0.1, 0.15) is 22.8 Å². The molecular weight excluding hydrogens is 404 g/mol. The van der Waals surface area contributed by atoms with Gasteiger partial charge >= 0.3 is 0 Å². The van der Waals surface area contributed by atoms with Crippen molar-refractivity contribution in [1.29, 1.82) is 0 Å². The van der Waals surface area contributed by atoms with E-state index in [0.717, 1.165) is 31.2 Å². The molecule has 1 aliphatic rings. The molecular formula is C21H27ClN6O2. The summed E-state index contributed by atoms with van der Waals surface area (Å²) in [6.45, 7) is 4.82. The quantitative estimate of drug-likeness (QED) is 0.680. The monoisotopic (exact) mass is 430 g/mol. The fourth-order valence-electron chi connectivity index (χ4n) is 3.72. The Bertz CT molecular complexity index is 877. The van der Waals surface area contributed by atoms with Crippen LogP contribution in [0.15, 0.2) is 24.5 Å². The lowest BCUT2D eigenvalue weighted by atomic mass is 9.90. The highest BCUT2D eigenvalue weighted by atomic mass is 35.5. The minimum Gasteiger partial charge on any atom is -0.383 e. The second-order valence-corrected chi connectivity index (χ2v) is 8.03. The second-order valence-electron chi connectivity index (χ2n) is 7.67. The topological polar surface area (TPSA) is 114 Å². The summed E-state index contributed by atoms with van der Waals surface area (Å²) < 4.78 is 0. The van der Waals surface area contributed by atoms with Crippen LogP contribution < -0.4 is 11.1 Å². The average Bonchev–Trinajstić information content (AvgIpc) is 2.73. The number of nitrogens with two attached hydrogens (primary N) is 1. The van der Waals surface area contributed by atoms with E-state index in [1.807, 2.05) is 4.90 Å². The van der Waals surface area contributed by atoms with Crippen molar-refractivity contribution < 1.29 is 9.59 Å². The van der Waals surface area contributed by atoms with Gasteiger partial charge in [-0.1, -0.05) is 11.6 Å². The number of aromatic nitrogens is 3. The zero-order chi connectivity index (χ0) is 21.7. The smallest absolute Gasteiger partial charge is 0.253 e. The fourth-order valence-corrected chi connectivity index (χ4v) is 4.03. The van der Waals surface area contributed by atoms with E-state index >= 15 is 0 Å². The van der Waals surface area contributed by atoms with Gasteiger partial charge in [-0.15, -0.1) is 0 Å². The largest absolute Gasteiger partial charge is 0.383 e. The Hall–Kier alpha value is -2.74. The molecule has 3 heterocycles. The normalized spacial score (nSPS) is 15.6. The van der Waals surface area contributed by atoms with Crippen LogP contribution in [0.4, 0.5) is 5.82 Å². The molecule has 1 atom stereocenters. The van der Waals surface area contributed by atoms with Crippen molar-refractivity contribution in [2.75, 3.05) is 18.8 Å². The van der Waals surface area contributed by atoms with Gasteiger partial charge in [0.2, 0.25) is 5.91 Å². The zero-order valence-electron chi connectivity index (χ0n) is 17.3. The first-order valence-corrected chi connectivity index (χ1v) is 10.5. The van der Waals surface area contributed by atoms with Gasteiger partial charge in [-0.3, -0.25) is 14.6 Å². The molecule has 3 rings (SSSR count). The predicted octanol–water partition coefficient (Wildman–Crippen LogP) is 2.41. The van der Waals surface area contributed by atoms with E-state index in [2.05, 4.69) is 20.3 Å². The number of halogens is 1. The Morgan fingerprint density at radius 3 is 2.70 bits per heavy atom. The third kappa shape index (κ3) is 5.44. The van der Waals surface area contributed by atoms with Crippen LogP contribution in [0.5, 0.6) is 0 Å². The summed E-state index contributed by atoms with van der Waals surface area (Å²) in [6.07, 6.45) is 6.53. The SMILES string of the molecule is Cc1nc(N)c(CCC2CCN(C(=O)C(C)NC(=O)c3cccnc3)CC2)c(Cl)n1. The van der Waals surface area contributed by atoms with Crippen molar-refractivity contribution in [3.05, 3.63) is 46.6 Å². The summed E-state index contributed by atoms with van der Waals surface area (Å²) >= 11 is 6.22. The van der Waals surface area contributed by atoms with E-state index in [0.29, 0.717) is 41.4 Å². The van der Waals surface area contributed by atoms with Gasteiger partial charge in [-0.2, -0.15) is 0 Å². The van der Waals surface area contributed by atoms with Gasteiger partial charge in [0.25, 0.3) is 5.91 Å². The number of nitrogens with one attached hydrogen (secondary N) is 1. The van der Waals surface area contributed by atoms with Gasteiger partial charge in [-0.25, -0.2) is 9.97 Å². The molecule has 2 aromatic heterocycles. The van der Waals surface area contributed by atoms with Crippen molar-refractivity contribution >= 4 is 29.2 Å². The van der Waals surface area contributed by atoms with Crippen LogP contribution in [-0.2, 0) is 11.2 Å². The zero-order valence-corrected chi connectivity index (χ0v) is 18.0. The van der Waals surface area contributed by atoms with E-state index in [1.54, 1.807) is 32.2 Å². The molecule has 0 aromatic carbocycles. The number of carbonyl (C=O) groups excluding carboxylic acids is 2. The number of aryl methyl sites for hydroxylation is 1. The molecule has 3 N–H and O–H groups in total. The molecule has 0 bridgehead atoms. The van der Waals surface area contributed by atoms with Crippen LogP contribution in [0.2, 0.25) is 5.15 Å². The molecule has 30 heavy (non-hydrogen) atoms. The number of amides is 2. The summed E-state index contributed by atoms with van der Waals surface area (Å²) in [4.78, 5) is 39.1. The summed E-state index contributed by atoms with van der Waals surface area (Å²) in [6, 6.07) is 2.77. The molecule has 1 unspecified atom stereocenters. The number of piperidine rings is 1. The third-order valence-corrected chi connectivity index (χ3v) is 5.78. The van der Waals surface area contributed by atoms with Crippen LogP contribution >= 0.6 is 11.6 Å². The Kier molecular flexibility index (Phi) is 7.20. The summed E-state index contributed by atoms with van der Waals surface area (Å²) in [5, 5.41) is 3.18. The highest BCUT2D eigenvalue weighted by Gasteiger charge is 2.27. The summed E-state index contributed by atoms with van der Waals surface area (Å²) in [7, 11) is 0. The van der Waals surface area contributed by atoms with E-state index in [9.17, 15) is 9.59 Å². The molecule has 2 amide bonds. The number of anilines is 1. The molecule has 160 valence electrons. The first-order valence-electron chi connectivity index (χ1n) is 10.1. The maximum atomic E-state index is 12.7. The first-order chi connectivity index (χ1) is 14.3. The van der Waals surface area contributed by atoms with Crippen LogP contribution in [0.3, 0.4) is 0 Å². The fraction of sp³-hybridized carbons (Fsp3) is 0.476. The average molecular weight is 431 g/mol. The Morgan fingerprint density at radius 2 is 2.07 bits per heavy atom. The molecule has 1 aliphatic heterocycles. The Balaban J connectivity index is 1.47. The lowest BCUT2D eigenvalue weighted by Gasteiger charge is -2.33. The molecule has 0 aliphatic carbocycles. The number of carbonyl (C=O) groups is 2. The van der Waals surface area contributed by atoms with Crippen LogP contribution in [0, 0.1) is 12.8 Å². The van der Waals surface area contributed by atoms with Crippen molar-refractivity contribution in [3.63, 3.8) is 0 Å². The first kappa shape index (κ1) is 22.0. The molecule has 9 heteroatoms. The predicted molar refractivity (Wildman–Crippen MR) is 115 cm³/mol. The van der Waals surface area contributed by atoms with Gasteiger partial charge < -0.3 is 16.0 Å². The highest BCUT2D eigenvalue weighted by Crippen LogP contribution is 2.26. The van der Waals surface area contributed by atoms with Crippen molar-refractivity contribution in [2.24, 2.45) is 5.92 Å². The standard InChI is InChI=1S/C21H27ClN6O2/c1-13(25-20(29)16-4-3-9-24-12-16)21(30)28-10-7-15(8-11-28)5-6-17-18(22)26-14(2)27-19(17)23/h3-4,9,12-13,15H,5-8,10-11H2,1-2H3,(H,25,29)(H2,23,26,27). The number of nitrogen functional groups attached to an aromatic ring is 1. The molecule has 0 spiro atoms. The van der Waals surface area contributed by atoms with E-state index in [-0.39, 0.29) is 11.8 Å². The molecule has 0 radical (unpaired) electrons. The number of hydrogen-bond donors (Lipinski definition) is 2. The maximum Gasteiger partial charge on any atom is 0.253 e. The van der Waals surface area contributed by atoms with Gasteiger partial charge in [0.15, 0.2) is 0 Å². The number of nitrogens with zero attached hydrogens (tertiary/aromatic N) is 4. The Labute approximate surface area is 181 Å². The number of rotatable bonds is 6. The van der Waals surface area contributed by atoms with Crippen molar-refractivity contribution in [2.45, 2.75) is 45.6 Å². The Morgan fingerprint density at radius 1 is 1.33 bits per heavy atom. The second kappa shape index (κ2) is 9.84. The van der Waals surface area contributed by atoms with Gasteiger partial charge in [-0.05, 0) is 57.6 Å². The molecule has 8 nitrogen and oxygen atoms in total. The lowest BCUT2D eigenvalue weighted by Crippen LogP contribution is -2.49. The number of pyridine rings is 1. The molecule has 1 saturated heterocycles. The van der Waals surface area contributed by atoms with Crippen LogP contribution in [0.25, 0.3) is 0 Å². The van der Waals surface area contributed by atoms with Crippen molar-refractivity contribution in [3.8, 4) is 0 Å². The summed E-state index contributed by atoms with van der Waals surface area (Å²) in [5.41, 5.74) is 7.23. The minimum absolute atomic E-state index is 0.0649. The minimum atomic E-state index is -0.586.